The van der Waals surface area contributed by atoms with E-state index in [0.29, 0.717) is 39.0 Å². The molecule has 4 aromatic carbocycles. The van der Waals surface area contributed by atoms with E-state index in [0.717, 1.165) is 14.2 Å². The van der Waals surface area contributed by atoms with E-state index in [1.54, 1.807) is 67.8 Å². The summed E-state index contributed by atoms with van der Waals surface area (Å²) in [6.07, 6.45) is 2.38. The van der Waals surface area contributed by atoms with Crippen LogP contribution in [-0.4, -0.2) is 54.1 Å². The van der Waals surface area contributed by atoms with Crippen molar-refractivity contribution in [1.82, 2.24) is 5.01 Å². The highest BCUT2D eigenvalue weighted by atomic mass is 127. The molecule has 2 saturated heterocycles. The highest BCUT2D eigenvalue weighted by Gasteiger charge is 2.70. The van der Waals surface area contributed by atoms with Crippen LogP contribution in [0.5, 0.6) is 11.5 Å². The molecular formula is C41H34Cl2IN3O7. The van der Waals surface area contributed by atoms with E-state index in [9.17, 15) is 14.7 Å². The van der Waals surface area contributed by atoms with Gasteiger partial charge in [0.1, 0.15) is 18.1 Å². The molecule has 6 atom stereocenters. The van der Waals surface area contributed by atoms with E-state index in [2.05, 4.69) is 28.0 Å². The number of amides is 4. The molecule has 2 aliphatic carbocycles. The zero-order chi connectivity index (χ0) is 37.9. The van der Waals surface area contributed by atoms with Gasteiger partial charge in [-0.3, -0.25) is 29.5 Å². The van der Waals surface area contributed by atoms with E-state index in [4.69, 9.17) is 32.7 Å². The van der Waals surface area contributed by atoms with Crippen LogP contribution < -0.4 is 19.8 Å². The quantitative estimate of drug-likeness (QED) is 0.103. The fraction of sp³-hybridized carbons (Fsp3) is 0.268. The Hall–Kier alpha value is -4.43. The number of rotatable bonds is 9. The molecule has 8 rings (SSSR count). The number of aliphatic hydroxyl groups is 1. The number of nitrogens with zero attached hydrogens (tertiary/aromatic N) is 2. The fourth-order valence-electron chi connectivity index (χ4n) is 9.04. The third-order valence-corrected chi connectivity index (χ3v) is 12.5. The maximum atomic E-state index is 15.5. The molecule has 276 valence electrons. The molecule has 2 N–H and O–H groups in total. The molecule has 1 saturated carbocycles. The van der Waals surface area contributed by atoms with Crippen LogP contribution in [0.15, 0.2) is 103 Å². The second-order valence-corrected chi connectivity index (χ2v) is 15.9. The van der Waals surface area contributed by atoms with Crippen LogP contribution >= 0.6 is 45.8 Å². The number of hydrogen-bond acceptors (Lipinski definition) is 8. The van der Waals surface area contributed by atoms with E-state index < -0.39 is 46.8 Å². The average molecular weight is 879 g/mol. The van der Waals surface area contributed by atoms with Gasteiger partial charge in [-0.05, 0) is 108 Å². The molecule has 4 amide bonds. The van der Waals surface area contributed by atoms with Gasteiger partial charge in [0, 0.05) is 20.1 Å². The van der Waals surface area contributed by atoms with Gasteiger partial charge in [0.2, 0.25) is 11.8 Å². The summed E-state index contributed by atoms with van der Waals surface area (Å²) < 4.78 is 12.6. The lowest BCUT2D eigenvalue weighted by Crippen LogP contribution is -2.53. The van der Waals surface area contributed by atoms with Crippen molar-refractivity contribution in [2.75, 3.05) is 30.6 Å². The number of aliphatic hydroxyl groups excluding tert-OH is 1. The number of carbonyl (C=O) groups is 4. The normalized spacial score (nSPS) is 25.9. The summed E-state index contributed by atoms with van der Waals surface area (Å²) >= 11 is 14.9. The first-order chi connectivity index (χ1) is 26.1. The van der Waals surface area contributed by atoms with Crippen molar-refractivity contribution in [2.45, 2.75) is 24.2 Å². The number of ether oxygens (including phenoxy) is 2. The van der Waals surface area contributed by atoms with Crippen LogP contribution in [-0.2, 0) is 24.6 Å². The number of para-hydroxylation sites is 1. The van der Waals surface area contributed by atoms with Gasteiger partial charge in [-0.25, -0.2) is 0 Å². The zero-order valence-corrected chi connectivity index (χ0v) is 32.5. The van der Waals surface area contributed by atoms with Crippen molar-refractivity contribution < 1.29 is 33.8 Å². The second kappa shape index (κ2) is 14.3. The minimum Gasteiger partial charge on any atom is -0.497 e. The Labute approximate surface area is 335 Å². The Morgan fingerprint density at radius 2 is 1.65 bits per heavy atom. The van der Waals surface area contributed by atoms with E-state index >= 15 is 9.59 Å². The Morgan fingerprint density at radius 3 is 2.35 bits per heavy atom. The third-order valence-electron chi connectivity index (χ3n) is 11.2. The minimum absolute atomic E-state index is 0.0105. The van der Waals surface area contributed by atoms with Crippen LogP contribution in [0.1, 0.15) is 29.9 Å². The number of nitrogens with one attached hydrogen (secondary N) is 1. The number of methoxy groups -OCH3 is 1. The summed E-state index contributed by atoms with van der Waals surface area (Å²) in [5, 5.41) is 11.4. The number of carbonyl (C=O) groups excluding carboxylic acids is 4. The smallest absolute Gasteiger partial charge is 0.260 e. The van der Waals surface area contributed by atoms with Gasteiger partial charge >= 0.3 is 0 Å². The van der Waals surface area contributed by atoms with Crippen molar-refractivity contribution >= 4 is 80.8 Å². The lowest BCUT2D eigenvalue weighted by molar-refractivity contribution is -0.138. The predicted octanol–water partition coefficient (Wildman–Crippen LogP) is 7.17. The first-order valence-electron chi connectivity index (χ1n) is 17.5. The summed E-state index contributed by atoms with van der Waals surface area (Å²) in [6, 6.07) is 26.3. The molecule has 13 heteroatoms. The van der Waals surface area contributed by atoms with Crippen LogP contribution in [0, 0.1) is 27.2 Å². The van der Waals surface area contributed by atoms with Crippen molar-refractivity contribution in [2.24, 2.45) is 23.7 Å². The lowest BCUT2D eigenvalue weighted by atomic mass is 9.49. The third kappa shape index (κ3) is 5.70. The van der Waals surface area contributed by atoms with Gasteiger partial charge in [-0.1, -0.05) is 65.2 Å². The summed E-state index contributed by atoms with van der Waals surface area (Å²) in [5.41, 5.74) is 4.21. The number of halogens is 3. The molecule has 4 aliphatic rings. The average Bonchev–Trinajstić information content (AvgIpc) is 3.56. The summed E-state index contributed by atoms with van der Waals surface area (Å²) in [4.78, 5) is 60.5. The number of imide groups is 2. The van der Waals surface area contributed by atoms with Gasteiger partial charge in [-0.15, -0.1) is 0 Å². The maximum Gasteiger partial charge on any atom is 0.260 e. The van der Waals surface area contributed by atoms with Crippen LogP contribution in [0.4, 0.5) is 11.4 Å². The molecule has 2 heterocycles. The molecular weight excluding hydrogens is 844 g/mol. The molecule has 0 aromatic heterocycles. The molecule has 0 bridgehead atoms. The monoisotopic (exact) mass is 877 g/mol. The van der Waals surface area contributed by atoms with Crippen LogP contribution in [0.25, 0.3) is 0 Å². The number of hydrazine groups is 1. The number of fused-ring (bicyclic) bond motifs is 4. The SMILES string of the molecule is COc1ccc([C@@]23C(=O)N(Nc4ccc(Cl)cc4Cl)C(=O)[C@@H]2C[C@@H]2C(=CC[C@@H]4C(=O)N(c5ccc(I)cc5)C(=O)[C@@H]42)[C@@H]3c2ccccc2OCCO)cc1. The Morgan fingerprint density at radius 1 is 0.907 bits per heavy atom. The van der Waals surface area contributed by atoms with Crippen LogP contribution in [0.3, 0.4) is 0 Å². The fourth-order valence-corrected chi connectivity index (χ4v) is 9.85. The second-order valence-electron chi connectivity index (χ2n) is 13.8. The highest BCUT2D eigenvalue weighted by Crippen LogP contribution is 2.65. The molecule has 0 unspecified atom stereocenters. The topological polar surface area (TPSA) is 125 Å². The van der Waals surface area contributed by atoms with E-state index in [1.807, 2.05) is 30.3 Å². The summed E-state index contributed by atoms with van der Waals surface area (Å²) in [7, 11) is 1.55. The Kier molecular flexibility index (Phi) is 9.70. The molecule has 0 radical (unpaired) electrons. The Balaban J connectivity index is 1.34. The predicted molar refractivity (Wildman–Crippen MR) is 211 cm³/mol. The number of benzene rings is 4. The first-order valence-corrected chi connectivity index (χ1v) is 19.3. The van der Waals surface area contributed by atoms with Gasteiger partial charge in [0.15, 0.2) is 0 Å². The molecule has 54 heavy (non-hydrogen) atoms. The zero-order valence-electron chi connectivity index (χ0n) is 28.9. The maximum absolute atomic E-state index is 15.5. The molecule has 3 fully saturated rings. The molecule has 0 spiro atoms. The number of hydrogen-bond donors (Lipinski definition) is 2. The first kappa shape index (κ1) is 36.5. The van der Waals surface area contributed by atoms with Crippen molar-refractivity contribution in [3.8, 4) is 11.5 Å². The minimum atomic E-state index is -1.55. The van der Waals surface area contributed by atoms with Crippen LogP contribution in [0.2, 0.25) is 10.0 Å². The molecule has 4 aromatic rings. The van der Waals surface area contributed by atoms with Gasteiger partial charge in [0.05, 0.1) is 53.3 Å². The van der Waals surface area contributed by atoms with Gasteiger partial charge < -0.3 is 14.6 Å². The Bertz CT molecular complexity index is 2220. The summed E-state index contributed by atoms with van der Waals surface area (Å²) in [6.45, 7) is -0.258. The number of allylic oxidation sites excluding steroid dienone is 2. The standard InChI is InChI=1S/C41H34Cl2IN3O7/c1-53-26-13-6-22(7-14-26)41-31(38(50)47(40(41)52)45-33-17-8-23(42)20-32(33)43)21-30-27(36(41)28-4-2-3-5-34(28)54-19-18-48)15-16-29-35(30)39(51)46(37(29)49)25-11-9-24(44)10-12-25/h2-15,17,20,29-31,35-36,45,48H,16,18-19,21H2,1H3/t29-,30+,31-,35-,36+,41+/m0/s1. The van der Waals surface area contributed by atoms with Crippen molar-refractivity contribution in [3.05, 3.63) is 127 Å². The van der Waals surface area contributed by atoms with Crippen molar-refractivity contribution in [3.63, 3.8) is 0 Å². The van der Waals surface area contributed by atoms with Gasteiger partial charge in [-0.2, -0.15) is 5.01 Å². The summed E-state index contributed by atoms with van der Waals surface area (Å²) in [5.74, 6) is -4.47. The highest BCUT2D eigenvalue weighted by molar-refractivity contribution is 14.1. The molecule has 2 aliphatic heterocycles. The number of anilines is 2. The molecule has 10 nitrogen and oxygen atoms in total. The lowest BCUT2D eigenvalue weighted by Gasteiger charge is -2.50. The van der Waals surface area contributed by atoms with Crippen molar-refractivity contribution in [1.29, 1.82) is 0 Å². The van der Waals surface area contributed by atoms with E-state index in [-0.39, 0.29) is 42.9 Å². The van der Waals surface area contributed by atoms with Gasteiger partial charge in [0.25, 0.3) is 11.8 Å². The largest absolute Gasteiger partial charge is 0.497 e. The van der Waals surface area contributed by atoms with E-state index in [1.165, 1.54) is 11.0 Å².